The van der Waals surface area contributed by atoms with E-state index in [0.717, 1.165) is 50.1 Å². The minimum atomic E-state index is -0.0342. The number of thioether (sulfide) groups is 1. The Morgan fingerprint density at radius 2 is 1.70 bits per heavy atom. The number of benzene rings is 2. The van der Waals surface area contributed by atoms with Crippen molar-refractivity contribution >= 4 is 29.3 Å². The molecule has 2 heterocycles. The van der Waals surface area contributed by atoms with Gasteiger partial charge < -0.3 is 10.2 Å². The summed E-state index contributed by atoms with van der Waals surface area (Å²) in [5, 5.41) is 3.14. The number of piperidine rings is 1. The van der Waals surface area contributed by atoms with Gasteiger partial charge in [0, 0.05) is 62.3 Å². The van der Waals surface area contributed by atoms with Gasteiger partial charge in [0.25, 0.3) is 0 Å². The molecule has 2 aromatic carbocycles. The van der Waals surface area contributed by atoms with Gasteiger partial charge in [-0.3, -0.25) is 14.5 Å². The molecule has 2 aliphatic heterocycles. The van der Waals surface area contributed by atoms with E-state index in [9.17, 15) is 9.59 Å². The number of hydrogen-bond donors (Lipinski definition) is 1. The molecule has 0 aliphatic carbocycles. The van der Waals surface area contributed by atoms with Crippen molar-refractivity contribution in [2.75, 3.05) is 43.0 Å². The first-order chi connectivity index (χ1) is 16.1. The summed E-state index contributed by atoms with van der Waals surface area (Å²) in [5.41, 5.74) is 4.51. The van der Waals surface area contributed by atoms with Crippen LogP contribution in [0.4, 0.5) is 5.69 Å². The number of nitrogens with zero attached hydrogens (tertiary/aromatic N) is 2. The quantitative estimate of drug-likeness (QED) is 0.660. The van der Waals surface area contributed by atoms with E-state index < -0.39 is 0 Å². The van der Waals surface area contributed by atoms with Crippen LogP contribution in [0.15, 0.2) is 48.5 Å². The van der Waals surface area contributed by atoms with Crippen molar-refractivity contribution < 1.29 is 9.59 Å². The molecule has 5 nitrogen and oxygen atoms in total. The predicted octanol–water partition coefficient (Wildman–Crippen LogP) is 4.35. The van der Waals surface area contributed by atoms with Gasteiger partial charge >= 0.3 is 0 Å². The van der Waals surface area contributed by atoms with Crippen LogP contribution in [-0.2, 0) is 22.6 Å². The first-order valence-corrected chi connectivity index (χ1v) is 13.3. The van der Waals surface area contributed by atoms with Gasteiger partial charge in [-0.1, -0.05) is 42.5 Å². The lowest BCUT2D eigenvalue weighted by molar-refractivity contribution is -0.134. The second kappa shape index (κ2) is 11.7. The second-order valence-electron chi connectivity index (χ2n) is 9.17. The summed E-state index contributed by atoms with van der Waals surface area (Å²) >= 11 is 2.03. The molecule has 0 atom stereocenters. The third kappa shape index (κ3) is 6.84. The molecular formula is C27H35N3O2S. The molecule has 0 spiro atoms. The van der Waals surface area contributed by atoms with Gasteiger partial charge in [-0.25, -0.2) is 0 Å². The number of hydrogen-bond acceptors (Lipinski definition) is 4. The van der Waals surface area contributed by atoms with E-state index in [1.807, 2.05) is 40.9 Å². The van der Waals surface area contributed by atoms with Gasteiger partial charge in [-0.15, -0.1) is 0 Å². The minimum Gasteiger partial charge on any atom is -0.343 e. The van der Waals surface area contributed by atoms with Crippen molar-refractivity contribution in [3.05, 3.63) is 65.2 Å². The van der Waals surface area contributed by atoms with E-state index in [-0.39, 0.29) is 17.7 Å². The van der Waals surface area contributed by atoms with E-state index >= 15 is 0 Å². The first kappa shape index (κ1) is 23.8. The maximum absolute atomic E-state index is 12.9. The zero-order chi connectivity index (χ0) is 23.0. The van der Waals surface area contributed by atoms with Crippen molar-refractivity contribution in [1.29, 1.82) is 0 Å². The molecule has 2 saturated heterocycles. The normalized spacial score (nSPS) is 17.7. The largest absolute Gasteiger partial charge is 0.343 e. The Labute approximate surface area is 201 Å². The lowest BCUT2D eigenvalue weighted by atomic mass is 9.95. The molecule has 0 radical (unpaired) electrons. The summed E-state index contributed by atoms with van der Waals surface area (Å²) < 4.78 is 0. The Morgan fingerprint density at radius 3 is 2.39 bits per heavy atom. The topological polar surface area (TPSA) is 52.7 Å². The highest BCUT2D eigenvalue weighted by Gasteiger charge is 2.27. The van der Waals surface area contributed by atoms with Gasteiger partial charge in [0.15, 0.2) is 0 Å². The van der Waals surface area contributed by atoms with Crippen LogP contribution in [0.3, 0.4) is 0 Å². The van der Waals surface area contributed by atoms with E-state index in [0.29, 0.717) is 19.5 Å². The number of carbonyl (C=O) groups is 2. The van der Waals surface area contributed by atoms with Crippen molar-refractivity contribution in [3.63, 3.8) is 0 Å². The summed E-state index contributed by atoms with van der Waals surface area (Å²) in [6.45, 7) is 6.67. The monoisotopic (exact) mass is 465 g/mol. The molecule has 6 heteroatoms. The van der Waals surface area contributed by atoms with Crippen LogP contribution < -0.4 is 5.32 Å². The van der Waals surface area contributed by atoms with E-state index in [1.165, 1.54) is 22.6 Å². The van der Waals surface area contributed by atoms with Gasteiger partial charge in [0.05, 0.1) is 0 Å². The molecule has 0 aromatic heterocycles. The first-order valence-electron chi connectivity index (χ1n) is 12.1. The van der Waals surface area contributed by atoms with Gasteiger partial charge in [0.2, 0.25) is 11.8 Å². The van der Waals surface area contributed by atoms with Crippen molar-refractivity contribution in [1.82, 2.24) is 9.80 Å². The third-order valence-electron chi connectivity index (χ3n) is 6.75. The Morgan fingerprint density at radius 1 is 0.970 bits per heavy atom. The molecule has 2 aliphatic rings. The average Bonchev–Trinajstić information content (AvgIpc) is 2.85. The number of amides is 2. The SMILES string of the molecule is Cc1cc(CN2CCSCC2)ccc1NC(=O)C1CCN(C(=O)CCc2ccccc2)CC1. The Balaban J connectivity index is 1.23. The molecule has 0 saturated carbocycles. The number of rotatable bonds is 7. The Hall–Kier alpha value is -2.31. The summed E-state index contributed by atoms with van der Waals surface area (Å²) in [6, 6.07) is 16.5. The van der Waals surface area contributed by atoms with Crippen LogP contribution >= 0.6 is 11.8 Å². The van der Waals surface area contributed by atoms with Crippen LogP contribution in [0.1, 0.15) is 36.0 Å². The standard InChI is InChI=1S/C27H35N3O2S/c1-21-19-23(20-29-15-17-33-18-16-29)7-9-25(21)28-27(32)24-11-13-30(14-12-24)26(31)10-8-22-5-3-2-4-6-22/h2-7,9,19,24H,8,10-18,20H2,1H3,(H,28,32). The fourth-order valence-corrected chi connectivity index (χ4v) is 5.64. The lowest BCUT2D eigenvalue weighted by Gasteiger charge is -2.31. The fourth-order valence-electron chi connectivity index (χ4n) is 4.66. The second-order valence-corrected chi connectivity index (χ2v) is 10.4. The van der Waals surface area contributed by atoms with E-state index in [1.54, 1.807) is 0 Å². The minimum absolute atomic E-state index is 0.0342. The molecule has 2 fully saturated rings. The Bertz CT molecular complexity index is 936. The molecule has 33 heavy (non-hydrogen) atoms. The summed E-state index contributed by atoms with van der Waals surface area (Å²) in [4.78, 5) is 29.9. The highest BCUT2D eigenvalue weighted by atomic mass is 32.2. The van der Waals surface area contributed by atoms with Gasteiger partial charge in [-0.2, -0.15) is 11.8 Å². The third-order valence-corrected chi connectivity index (χ3v) is 7.69. The van der Waals surface area contributed by atoms with Crippen LogP contribution in [0.25, 0.3) is 0 Å². The van der Waals surface area contributed by atoms with Crippen LogP contribution in [0, 0.1) is 12.8 Å². The number of aryl methyl sites for hydroxylation is 2. The molecule has 2 amide bonds. The predicted molar refractivity (Wildman–Crippen MR) is 136 cm³/mol. The zero-order valence-corrected chi connectivity index (χ0v) is 20.4. The van der Waals surface area contributed by atoms with Crippen LogP contribution in [0.5, 0.6) is 0 Å². The average molecular weight is 466 g/mol. The molecule has 2 aromatic rings. The number of carbonyl (C=O) groups excluding carboxylic acids is 2. The molecule has 0 bridgehead atoms. The molecule has 0 unspecified atom stereocenters. The number of likely N-dealkylation sites (tertiary alicyclic amines) is 1. The van der Waals surface area contributed by atoms with Crippen LogP contribution in [0.2, 0.25) is 0 Å². The molecule has 4 rings (SSSR count). The fraction of sp³-hybridized carbons (Fsp3) is 0.481. The van der Waals surface area contributed by atoms with Crippen molar-refractivity contribution in [2.24, 2.45) is 5.92 Å². The van der Waals surface area contributed by atoms with Crippen molar-refractivity contribution in [2.45, 2.75) is 39.2 Å². The van der Waals surface area contributed by atoms with E-state index in [4.69, 9.17) is 0 Å². The van der Waals surface area contributed by atoms with Gasteiger partial charge in [-0.05, 0) is 48.9 Å². The summed E-state index contributed by atoms with van der Waals surface area (Å²) in [6.07, 6.45) is 2.76. The maximum atomic E-state index is 12.9. The van der Waals surface area contributed by atoms with E-state index in [2.05, 4.69) is 41.4 Å². The highest BCUT2D eigenvalue weighted by molar-refractivity contribution is 7.99. The molecule has 1 N–H and O–H groups in total. The number of anilines is 1. The highest BCUT2D eigenvalue weighted by Crippen LogP contribution is 2.23. The summed E-state index contributed by atoms with van der Waals surface area (Å²) in [5.74, 6) is 2.66. The molecule has 176 valence electrons. The lowest BCUT2D eigenvalue weighted by Crippen LogP contribution is -2.41. The summed E-state index contributed by atoms with van der Waals surface area (Å²) in [7, 11) is 0. The maximum Gasteiger partial charge on any atom is 0.227 e. The smallest absolute Gasteiger partial charge is 0.227 e. The van der Waals surface area contributed by atoms with Crippen LogP contribution in [-0.4, -0.2) is 59.3 Å². The zero-order valence-electron chi connectivity index (χ0n) is 19.6. The number of nitrogens with one attached hydrogen (secondary N) is 1. The molecular weight excluding hydrogens is 430 g/mol. The van der Waals surface area contributed by atoms with Gasteiger partial charge in [0.1, 0.15) is 0 Å². The van der Waals surface area contributed by atoms with Crippen molar-refractivity contribution in [3.8, 4) is 0 Å². The Kier molecular flexibility index (Phi) is 8.46.